The molecular weight excluding hydrogens is 366 g/mol. The summed E-state index contributed by atoms with van der Waals surface area (Å²) in [5, 5.41) is 10.5. The lowest BCUT2D eigenvalue weighted by atomic mass is 10.2. The summed E-state index contributed by atoms with van der Waals surface area (Å²) < 4.78 is 5.20. The third-order valence-electron chi connectivity index (χ3n) is 4.53. The van der Waals surface area contributed by atoms with E-state index in [9.17, 15) is 0 Å². The second-order valence-electron chi connectivity index (χ2n) is 6.38. The molecule has 0 atom stereocenters. The van der Waals surface area contributed by atoms with Gasteiger partial charge in [-0.3, -0.25) is 5.10 Å². The Kier molecular flexibility index (Phi) is 4.14. The maximum absolute atomic E-state index is 5.20. The quantitative estimate of drug-likeness (QED) is 0.421. The number of fused-ring (bicyclic) bond motifs is 1. The zero-order valence-corrected chi connectivity index (χ0v) is 15.5. The first-order valence-corrected chi connectivity index (χ1v) is 9.03. The van der Waals surface area contributed by atoms with E-state index >= 15 is 0 Å². The van der Waals surface area contributed by atoms with Gasteiger partial charge in [0.05, 0.1) is 30.0 Å². The van der Waals surface area contributed by atoms with E-state index in [2.05, 4.69) is 35.5 Å². The zero-order chi connectivity index (χ0) is 19.6. The van der Waals surface area contributed by atoms with E-state index in [1.807, 2.05) is 54.6 Å². The van der Waals surface area contributed by atoms with Crippen LogP contribution in [0.4, 0.5) is 11.5 Å². The number of hydrogen-bond acceptors (Lipinski definition) is 6. The number of para-hydroxylation sites is 2. The number of H-pyrrole nitrogens is 2. The Bertz CT molecular complexity index is 1240. The maximum atomic E-state index is 5.20. The van der Waals surface area contributed by atoms with Crippen molar-refractivity contribution < 1.29 is 4.74 Å². The molecule has 0 aliphatic heterocycles. The first kappa shape index (κ1) is 16.9. The Hall–Kier alpha value is -4.20. The summed E-state index contributed by atoms with van der Waals surface area (Å²) in [4.78, 5) is 16.9. The Morgan fingerprint density at radius 3 is 2.66 bits per heavy atom. The lowest BCUT2D eigenvalue weighted by Crippen LogP contribution is -1.97. The normalized spacial score (nSPS) is 10.9. The van der Waals surface area contributed by atoms with Crippen molar-refractivity contribution in [3.63, 3.8) is 0 Å². The van der Waals surface area contributed by atoms with Gasteiger partial charge in [0, 0.05) is 11.8 Å². The molecule has 5 aromatic rings. The van der Waals surface area contributed by atoms with Gasteiger partial charge in [-0.25, -0.2) is 15.0 Å². The van der Waals surface area contributed by atoms with E-state index in [-0.39, 0.29) is 0 Å². The van der Waals surface area contributed by atoms with Crippen molar-refractivity contribution in [3.8, 4) is 28.7 Å². The standard InChI is InChI=1S/C21H17N7O/c1-29-14-8-6-13(7-9-14)20-22-11-10-18(27-20)24-17-12-23-28-19(17)21-25-15-4-2-3-5-16(15)26-21/h2-12H,1H3,(H,23,28)(H,25,26)(H,22,24,27). The minimum Gasteiger partial charge on any atom is -0.497 e. The minimum atomic E-state index is 0.617. The van der Waals surface area contributed by atoms with Gasteiger partial charge in [0.2, 0.25) is 0 Å². The number of nitrogens with zero attached hydrogens (tertiary/aromatic N) is 4. The number of hydrogen-bond donors (Lipinski definition) is 3. The highest BCUT2D eigenvalue weighted by Gasteiger charge is 2.13. The van der Waals surface area contributed by atoms with Gasteiger partial charge in [-0.05, 0) is 42.5 Å². The second-order valence-corrected chi connectivity index (χ2v) is 6.38. The summed E-state index contributed by atoms with van der Waals surface area (Å²) in [6.07, 6.45) is 3.42. The van der Waals surface area contributed by atoms with Crippen molar-refractivity contribution in [2.45, 2.75) is 0 Å². The second kappa shape index (κ2) is 7.08. The largest absolute Gasteiger partial charge is 0.497 e. The molecule has 0 amide bonds. The average Bonchev–Trinajstić information content (AvgIpc) is 3.40. The number of nitrogens with one attached hydrogen (secondary N) is 3. The number of ether oxygens (including phenoxy) is 1. The van der Waals surface area contributed by atoms with Crippen LogP contribution in [0.2, 0.25) is 0 Å². The lowest BCUT2D eigenvalue weighted by molar-refractivity contribution is 0.415. The summed E-state index contributed by atoms with van der Waals surface area (Å²) >= 11 is 0. The van der Waals surface area contributed by atoms with E-state index in [0.29, 0.717) is 17.5 Å². The highest BCUT2D eigenvalue weighted by atomic mass is 16.5. The van der Waals surface area contributed by atoms with Crippen LogP contribution in [-0.4, -0.2) is 37.2 Å². The van der Waals surface area contributed by atoms with Crippen LogP contribution in [-0.2, 0) is 0 Å². The van der Waals surface area contributed by atoms with E-state index in [4.69, 9.17) is 4.74 Å². The third kappa shape index (κ3) is 3.27. The van der Waals surface area contributed by atoms with Crippen molar-refractivity contribution in [2.75, 3.05) is 12.4 Å². The number of aromatic amines is 2. The molecule has 3 N–H and O–H groups in total. The molecule has 3 heterocycles. The molecule has 2 aromatic carbocycles. The lowest BCUT2D eigenvalue weighted by Gasteiger charge is -2.07. The van der Waals surface area contributed by atoms with Gasteiger partial charge in [0.1, 0.15) is 17.3 Å². The highest BCUT2D eigenvalue weighted by molar-refractivity contribution is 5.82. The minimum absolute atomic E-state index is 0.617. The molecule has 5 rings (SSSR count). The number of anilines is 2. The van der Waals surface area contributed by atoms with Gasteiger partial charge in [-0.15, -0.1) is 0 Å². The van der Waals surface area contributed by atoms with Gasteiger partial charge in [-0.1, -0.05) is 12.1 Å². The Labute approximate surface area is 166 Å². The fourth-order valence-electron chi connectivity index (χ4n) is 3.08. The van der Waals surface area contributed by atoms with Crippen molar-refractivity contribution in [1.29, 1.82) is 0 Å². The number of aromatic nitrogens is 6. The van der Waals surface area contributed by atoms with Crippen molar-refractivity contribution >= 4 is 22.5 Å². The fourth-order valence-corrected chi connectivity index (χ4v) is 3.08. The van der Waals surface area contributed by atoms with Crippen LogP contribution in [0.15, 0.2) is 67.0 Å². The number of methoxy groups -OCH3 is 1. The molecule has 8 heteroatoms. The molecule has 0 aliphatic carbocycles. The van der Waals surface area contributed by atoms with Crippen LogP contribution in [0.5, 0.6) is 5.75 Å². The maximum Gasteiger partial charge on any atom is 0.161 e. The third-order valence-corrected chi connectivity index (χ3v) is 4.53. The molecule has 29 heavy (non-hydrogen) atoms. The van der Waals surface area contributed by atoms with Gasteiger partial charge >= 0.3 is 0 Å². The fraction of sp³-hybridized carbons (Fsp3) is 0.0476. The van der Waals surface area contributed by atoms with Crippen molar-refractivity contribution in [3.05, 3.63) is 67.0 Å². The Balaban J connectivity index is 1.45. The molecular formula is C21H17N7O. The molecule has 0 aliphatic rings. The molecule has 142 valence electrons. The molecule has 0 spiro atoms. The predicted molar refractivity (Wildman–Crippen MR) is 111 cm³/mol. The summed E-state index contributed by atoms with van der Waals surface area (Å²) in [6, 6.07) is 17.3. The number of benzene rings is 2. The van der Waals surface area contributed by atoms with Crippen LogP contribution < -0.4 is 10.1 Å². The molecule has 0 saturated heterocycles. The van der Waals surface area contributed by atoms with Crippen LogP contribution in [0.25, 0.3) is 33.9 Å². The molecule has 0 unspecified atom stereocenters. The predicted octanol–water partition coefficient (Wildman–Crippen LogP) is 4.16. The molecule has 0 bridgehead atoms. The molecule has 0 saturated carbocycles. The topological polar surface area (TPSA) is 104 Å². The molecule has 8 nitrogen and oxygen atoms in total. The van der Waals surface area contributed by atoms with Gasteiger partial charge in [0.15, 0.2) is 11.6 Å². The first-order chi connectivity index (χ1) is 14.3. The first-order valence-electron chi connectivity index (χ1n) is 9.03. The summed E-state index contributed by atoms with van der Waals surface area (Å²) in [5.41, 5.74) is 4.28. The van der Waals surface area contributed by atoms with Gasteiger partial charge < -0.3 is 15.0 Å². The summed E-state index contributed by atoms with van der Waals surface area (Å²) in [7, 11) is 1.64. The Morgan fingerprint density at radius 2 is 1.83 bits per heavy atom. The van der Waals surface area contributed by atoms with Crippen molar-refractivity contribution in [2.24, 2.45) is 0 Å². The molecule has 3 aromatic heterocycles. The molecule has 0 fully saturated rings. The van der Waals surface area contributed by atoms with E-state index in [1.165, 1.54) is 0 Å². The SMILES string of the molecule is COc1ccc(-c2nccc(Nc3cn[nH]c3-c3nc4ccccc4[nH]3)n2)cc1. The van der Waals surface area contributed by atoms with E-state index < -0.39 is 0 Å². The summed E-state index contributed by atoms with van der Waals surface area (Å²) in [6.45, 7) is 0. The average molecular weight is 383 g/mol. The van der Waals surface area contributed by atoms with Gasteiger partial charge in [0.25, 0.3) is 0 Å². The van der Waals surface area contributed by atoms with E-state index in [0.717, 1.165) is 33.7 Å². The molecule has 0 radical (unpaired) electrons. The van der Waals surface area contributed by atoms with Crippen molar-refractivity contribution in [1.82, 2.24) is 30.1 Å². The number of rotatable bonds is 5. The van der Waals surface area contributed by atoms with Crippen LogP contribution in [0.3, 0.4) is 0 Å². The summed E-state index contributed by atoms with van der Waals surface area (Å²) in [5.74, 6) is 2.77. The number of imidazole rings is 1. The Morgan fingerprint density at radius 1 is 0.966 bits per heavy atom. The van der Waals surface area contributed by atoms with E-state index in [1.54, 1.807) is 19.5 Å². The van der Waals surface area contributed by atoms with Crippen LogP contribution in [0, 0.1) is 0 Å². The zero-order valence-electron chi connectivity index (χ0n) is 15.5. The van der Waals surface area contributed by atoms with Crippen LogP contribution >= 0.6 is 0 Å². The highest BCUT2D eigenvalue weighted by Crippen LogP contribution is 2.28. The van der Waals surface area contributed by atoms with Crippen LogP contribution in [0.1, 0.15) is 0 Å². The van der Waals surface area contributed by atoms with Gasteiger partial charge in [-0.2, -0.15) is 5.10 Å². The smallest absolute Gasteiger partial charge is 0.161 e. The monoisotopic (exact) mass is 383 g/mol.